The Morgan fingerprint density at radius 2 is 1.89 bits per heavy atom. The van der Waals surface area contributed by atoms with Crippen molar-refractivity contribution in [3.05, 3.63) is 60.0 Å². The van der Waals surface area contributed by atoms with E-state index in [1.165, 1.54) is 16.4 Å². The predicted octanol–water partition coefficient (Wildman–Crippen LogP) is 1.44. The molecule has 1 saturated heterocycles. The third-order valence-electron chi connectivity index (χ3n) is 4.59. The molecule has 8 nitrogen and oxygen atoms in total. The number of benzene rings is 1. The van der Waals surface area contributed by atoms with Crippen molar-refractivity contribution in [1.82, 2.24) is 24.2 Å². The highest BCUT2D eigenvalue weighted by atomic mass is 32.2. The van der Waals surface area contributed by atoms with Crippen molar-refractivity contribution in [2.45, 2.75) is 24.3 Å². The second-order valence-electron chi connectivity index (χ2n) is 6.37. The van der Waals surface area contributed by atoms with Gasteiger partial charge in [0, 0.05) is 24.8 Å². The molecule has 0 radical (unpaired) electrons. The maximum atomic E-state index is 12.7. The molecule has 4 rings (SSSR count). The molecule has 0 atom stereocenters. The average Bonchev–Trinajstić information content (AvgIpc) is 3.37. The van der Waals surface area contributed by atoms with Gasteiger partial charge in [-0.2, -0.15) is 4.31 Å². The van der Waals surface area contributed by atoms with Crippen LogP contribution in [0.5, 0.6) is 0 Å². The summed E-state index contributed by atoms with van der Waals surface area (Å²) in [6.45, 7) is 1.24. The summed E-state index contributed by atoms with van der Waals surface area (Å²) >= 11 is 0. The van der Waals surface area contributed by atoms with Crippen LogP contribution in [0.15, 0.2) is 53.6 Å². The van der Waals surface area contributed by atoms with Gasteiger partial charge in [0.25, 0.3) is 5.91 Å². The lowest BCUT2D eigenvalue weighted by Gasteiger charge is -2.16. The summed E-state index contributed by atoms with van der Waals surface area (Å²) in [5, 5.41) is 10.9. The van der Waals surface area contributed by atoms with Crippen LogP contribution < -0.4 is 5.32 Å². The first-order valence-corrected chi connectivity index (χ1v) is 10.2. The van der Waals surface area contributed by atoms with Crippen LogP contribution in [-0.4, -0.2) is 46.3 Å². The lowest BCUT2D eigenvalue weighted by molar-refractivity contribution is 0.0949. The molecule has 0 aliphatic carbocycles. The number of nitrogens with one attached hydrogen (secondary N) is 1. The molecule has 27 heavy (non-hydrogen) atoms. The predicted molar refractivity (Wildman–Crippen MR) is 98.6 cm³/mol. The fourth-order valence-corrected chi connectivity index (χ4v) is 4.71. The number of carbonyl (C=O) groups excluding carboxylic acids is 1. The minimum absolute atomic E-state index is 0.143. The second-order valence-corrected chi connectivity index (χ2v) is 8.30. The van der Waals surface area contributed by atoms with Crippen molar-refractivity contribution in [3.63, 3.8) is 0 Å². The first-order valence-electron chi connectivity index (χ1n) is 8.73. The van der Waals surface area contributed by atoms with Crippen LogP contribution in [0.3, 0.4) is 0 Å². The fraction of sp³-hybridized carbons (Fsp3) is 0.278. The van der Waals surface area contributed by atoms with Crippen LogP contribution in [-0.2, 0) is 16.6 Å². The van der Waals surface area contributed by atoms with Crippen molar-refractivity contribution in [3.8, 4) is 0 Å². The molecule has 0 unspecified atom stereocenters. The van der Waals surface area contributed by atoms with E-state index in [-0.39, 0.29) is 17.3 Å². The van der Waals surface area contributed by atoms with E-state index in [0.717, 1.165) is 12.8 Å². The van der Waals surface area contributed by atoms with Gasteiger partial charge in [0.05, 0.1) is 11.4 Å². The van der Waals surface area contributed by atoms with Gasteiger partial charge in [-0.3, -0.25) is 9.20 Å². The molecular formula is C18H19N5O3S. The smallest absolute Gasteiger partial charge is 0.251 e. The Labute approximate surface area is 156 Å². The van der Waals surface area contributed by atoms with E-state index in [4.69, 9.17) is 0 Å². The Kier molecular flexibility index (Phi) is 4.63. The Hall–Kier alpha value is -2.78. The van der Waals surface area contributed by atoms with Gasteiger partial charge in [-0.15, -0.1) is 10.2 Å². The van der Waals surface area contributed by atoms with Crippen LogP contribution in [0.25, 0.3) is 5.65 Å². The Balaban J connectivity index is 1.51. The molecule has 3 aromatic rings. The van der Waals surface area contributed by atoms with Crippen LogP contribution in [0, 0.1) is 0 Å². The maximum absolute atomic E-state index is 12.7. The summed E-state index contributed by atoms with van der Waals surface area (Å²) in [4.78, 5) is 12.6. The molecule has 3 heterocycles. The highest BCUT2D eigenvalue weighted by Gasteiger charge is 2.27. The lowest BCUT2D eigenvalue weighted by Crippen LogP contribution is -2.28. The van der Waals surface area contributed by atoms with Crippen LogP contribution in [0.4, 0.5) is 0 Å². The van der Waals surface area contributed by atoms with E-state index in [0.29, 0.717) is 30.1 Å². The number of carbonyl (C=O) groups is 1. The zero-order valence-electron chi connectivity index (χ0n) is 14.6. The van der Waals surface area contributed by atoms with Crippen LogP contribution in [0.2, 0.25) is 0 Å². The standard InChI is InChI=1S/C18H19N5O3S/c24-18(19-13-17-21-20-16-8-1-2-11-23(16)17)14-6-5-7-15(12-14)27(25,26)22-9-3-4-10-22/h1-2,5-8,11-12H,3-4,9-10,13H2,(H,19,24). The van der Waals surface area contributed by atoms with Gasteiger partial charge in [-0.05, 0) is 43.2 Å². The van der Waals surface area contributed by atoms with Gasteiger partial charge < -0.3 is 5.32 Å². The minimum atomic E-state index is -3.55. The van der Waals surface area contributed by atoms with Gasteiger partial charge in [0.1, 0.15) is 0 Å². The molecule has 1 amide bonds. The fourth-order valence-electron chi connectivity index (χ4n) is 3.15. The number of rotatable bonds is 5. The molecule has 1 aliphatic rings. The minimum Gasteiger partial charge on any atom is -0.345 e. The normalized spacial score (nSPS) is 15.3. The SMILES string of the molecule is O=C(NCc1nnc2ccccn12)c1cccc(S(=O)(=O)N2CCCC2)c1. The molecule has 0 spiro atoms. The third kappa shape index (κ3) is 3.43. The molecule has 140 valence electrons. The van der Waals surface area contributed by atoms with Crippen molar-refractivity contribution in [1.29, 1.82) is 0 Å². The summed E-state index contributed by atoms with van der Waals surface area (Å²) in [7, 11) is -3.55. The highest BCUT2D eigenvalue weighted by Crippen LogP contribution is 2.21. The summed E-state index contributed by atoms with van der Waals surface area (Å²) in [6.07, 6.45) is 3.55. The zero-order chi connectivity index (χ0) is 18.9. The molecule has 1 fully saturated rings. The molecule has 1 N–H and O–H groups in total. The van der Waals surface area contributed by atoms with E-state index in [2.05, 4.69) is 15.5 Å². The molecule has 1 aromatic carbocycles. The van der Waals surface area contributed by atoms with E-state index >= 15 is 0 Å². The quantitative estimate of drug-likeness (QED) is 0.717. The summed E-state index contributed by atoms with van der Waals surface area (Å²) in [5.41, 5.74) is 0.990. The molecule has 2 aromatic heterocycles. The number of aromatic nitrogens is 3. The second kappa shape index (κ2) is 7.09. The number of hydrogen-bond acceptors (Lipinski definition) is 5. The summed E-state index contributed by atoms with van der Waals surface area (Å²) < 4.78 is 28.6. The Bertz CT molecular complexity index is 1090. The lowest BCUT2D eigenvalue weighted by atomic mass is 10.2. The van der Waals surface area contributed by atoms with Gasteiger partial charge in [-0.25, -0.2) is 8.42 Å². The molecule has 9 heteroatoms. The topological polar surface area (TPSA) is 96.7 Å². The number of pyridine rings is 1. The molecule has 1 aliphatic heterocycles. The summed E-state index contributed by atoms with van der Waals surface area (Å²) in [5.74, 6) is 0.237. The van der Waals surface area contributed by atoms with Crippen molar-refractivity contribution in [2.75, 3.05) is 13.1 Å². The number of amides is 1. The Morgan fingerprint density at radius 1 is 1.07 bits per heavy atom. The van der Waals surface area contributed by atoms with Gasteiger partial charge in [-0.1, -0.05) is 12.1 Å². The van der Waals surface area contributed by atoms with Crippen molar-refractivity contribution < 1.29 is 13.2 Å². The monoisotopic (exact) mass is 385 g/mol. The van der Waals surface area contributed by atoms with Crippen LogP contribution in [0.1, 0.15) is 29.0 Å². The van der Waals surface area contributed by atoms with E-state index in [9.17, 15) is 13.2 Å². The number of hydrogen-bond donors (Lipinski definition) is 1. The first-order chi connectivity index (χ1) is 13.1. The number of sulfonamides is 1. The van der Waals surface area contributed by atoms with Crippen molar-refractivity contribution in [2.24, 2.45) is 0 Å². The number of nitrogens with zero attached hydrogens (tertiary/aromatic N) is 4. The number of fused-ring (bicyclic) bond motifs is 1. The molecule has 0 saturated carbocycles. The van der Waals surface area contributed by atoms with E-state index in [1.807, 2.05) is 24.4 Å². The average molecular weight is 385 g/mol. The summed E-state index contributed by atoms with van der Waals surface area (Å²) in [6, 6.07) is 11.7. The highest BCUT2D eigenvalue weighted by molar-refractivity contribution is 7.89. The van der Waals surface area contributed by atoms with E-state index < -0.39 is 10.0 Å². The Morgan fingerprint density at radius 3 is 2.70 bits per heavy atom. The third-order valence-corrected chi connectivity index (χ3v) is 6.49. The van der Waals surface area contributed by atoms with Crippen molar-refractivity contribution >= 4 is 21.6 Å². The molecular weight excluding hydrogens is 366 g/mol. The van der Waals surface area contributed by atoms with Crippen LogP contribution >= 0.6 is 0 Å². The van der Waals surface area contributed by atoms with Gasteiger partial charge in [0.2, 0.25) is 10.0 Å². The largest absolute Gasteiger partial charge is 0.345 e. The first kappa shape index (κ1) is 17.6. The maximum Gasteiger partial charge on any atom is 0.251 e. The zero-order valence-corrected chi connectivity index (χ0v) is 15.4. The van der Waals surface area contributed by atoms with E-state index in [1.54, 1.807) is 16.5 Å². The van der Waals surface area contributed by atoms with Gasteiger partial charge >= 0.3 is 0 Å². The van der Waals surface area contributed by atoms with Gasteiger partial charge in [0.15, 0.2) is 11.5 Å². The molecule has 0 bridgehead atoms.